The van der Waals surface area contributed by atoms with Crippen molar-refractivity contribution in [1.29, 1.82) is 0 Å². The summed E-state index contributed by atoms with van der Waals surface area (Å²) in [6.45, 7) is 1.66. The second-order valence-corrected chi connectivity index (χ2v) is 5.91. The van der Waals surface area contributed by atoms with Crippen LogP contribution in [0.2, 0.25) is 0 Å². The van der Waals surface area contributed by atoms with Crippen LogP contribution < -0.4 is 0 Å². The molecular weight excluding hydrogens is 278 g/mol. The van der Waals surface area contributed by atoms with Gasteiger partial charge in [-0.05, 0) is 24.3 Å². The Morgan fingerprint density at radius 3 is 2.75 bits per heavy atom. The highest BCUT2D eigenvalue weighted by Crippen LogP contribution is 2.17. The third-order valence-electron chi connectivity index (χ3n) is 3.50. The molecule has 0 atom stereocenters. The third kappa shape index (κ3) is 4.31. The van der Waals surface area contributed by atoms with Crippen LogP contribution >= 0.6 is 11.3 Å². The fourth-order valence-corrected chi connectivity index (χ4v) is 2.94. The molecule has 0 unspecified atom stereocenters. The fraction of sp³-hybridized carbons (Fsp3) is 0.571. The van der Waals surface area contributed by atoms with Gasteiger partial charge in [0.25, 0.3) is 0 Å². The molecule has 1 aliphatic rings. The minimum atomic E-state index is -0.760. The van der Waals surface area contributed by atoms with E-state index in [4.69, 9.17) is 9.84 Å². The number of hydrogen-bond donors (Lipinski definition) is 1. The number of likely N-dealkylation sites (tertiary alicyclic amines) is 1. The van der Waals surface area contributed by atoms with Crippen LogP contribution in [0.4, 0.5) is 0 Å². The standard InChI is InChI=1S/C14H19NO4S/c16-13(10-19-8-5-12-2-1-9-20-12)15-6-3-11(4-7-15)14(17)18/h1-2,9,11H,3-8,10H2,(H,17,18). The van der Waals surface area contributed by atoms with E-state index in [-0.39, 0.29) is 18.4 Å². The molecule has 0 spiro atoms. The third-order valence-corrected chi connectivity index (χ3v) is 4.43. The van der Waals surface area contributed by atoms with E-state index >= 15 is 0 Å². The Hall–Kier alpha value is -1.40. The van der Waals surface area contributed by atoms with Crippen molar-refractivity contribution >= 4 is 23.2 Å². The van der Waals surface area contributed by atoms with Crippen LogP contribution in [-0.2, 0) is 20.7 Å². The van der Waals surface area contributed by atoms with E-state index in [0.29, 0.717) is 32.5 Å². The fourth-order valence-electron chi connectivity index (χ4n) is 2.25. The van der Waals surface area contributed by atoms with E-state index < -0.39 is 5.97 Å². The van der Waals surface area contributed by atoms with Gasteiger partial charge in [0.05, 0.1) is 12.5 Å². The molecule has 5 nitrogen and oxygen atoms in total. The van der Waals surface area contributed by atoms with Gasteiger partial charge in [-0.3, -0.25) is 9.59 Å². The molecule has 1 N–H and O–H groups in total. The van der Waals surface area contributed by atoms with Gasteiger partial charge in [-0.15, -0.1) is 11.3 Å². The molecule has 1 aromatic heterocycles. The topological polar surface area (TPSA) is 66.8 Å². The van der Waals surface area contributed by atoms with Gasteiger partial charge in [0.2, 0.25) is 5.91 Å². The van der Waals surface area contributed by atoms with E-state index in [0.717, 1.165) is 6.42 Å². The van der Waals surface area contributed by atoms with Crippen LogP contribution in [-0.4, -0.2) is 48.2 Å². The maximum atomic E-state index is 11.9. The number of ether oxygens (including phenoxy) is 1. The molecular formula is C14H19NO4S. The van der Waals surface area contributed by atoms with Crippen LogP contribution in [0.1, 0.15) is 17.7 Å². The normalized spacial score (nSPS) is 16.3. The Kier molecular flexibility index (Phi) is 5.55. The van der Waals surface area contributed by atoms with Gasteiger partial charge < -0.3 is 14.7 Å². The smallest absolute Gasteiger partial charge is 0.306 e. The highest BCUT2D eigenvalue weighted by atomic mass is 32.1. The maximum Gasteiger partial charge on any atom is 0.306 e. The summed E-state index contributed by atoms with van der Waals surface area (Å²) in [5.41, 5.74) is 0. The molecule has 1 aromatic rings. The minimum absolute atomic E-state index is 0.0416. The predicted molar refractivity (Wildman–Crippen MR) is 75.8 cm³/mol. The Labute approximate surface area is 122 Å². The zero-order valence-electron chi connectivity index (χ0n) is 11.3. The summed E-state index contributed by atoms with van der Waals surface area (Å²) in [5, 5.41) is 10.9. The molecule has 1 aliphatic heterocycles. The average Bonchev–Trinajstić information content (AvgIpc) is 2.96. The van der Waals surface area contributed by atoms with E-state index in [9.17, 15) is 9.59 Å². The summed E-state index contributed by atoms with van der Waals surface area (Å²) < 4.78 is 5.40. The molecule has 0 saturated carbocycles. The maximum absolute atomic E-state index is 11.9. The van der Waals surface area contributed by atoms with Crippen LogP contribution in [0.25, 0.3) is 0 Å². The first-order valence-electron chi connectivity index (χ1n) is 6.77. The van der Waals surface area contributed by atoms with E-state index in [1.165, 1.54) is 4.88 Å². The first-order valence-corrected chi connectivity index (χ1v) is 7.65. The number of nitrogens with zero attached hydrogens (tertiary/aromatic N) is 1. The lowest BCUT2D eigenvalue weighted by Gasteiger charge is -2.30. The Balaban J connectivity index is 1.62. The van der Waals surface area contributed by atoms with Crippen LogP contribution in [0.15, 0.2) is 17.5 Å². The predicted octanol–water partition coefficient (Wildman–Crippen LogP) is 1.63. The van der Waals surface area contributed by atoms with Crippen LogP contribution in [0, 0.1) is 5.92 Å². The first-order chi connectivity index (χ1) is 9.66. The van der Waals surface area contributed by atoms with Crippen molar-refractivity contribution in [3.8, 4) is 0 Å². The highest BCUT2D eigenvalue weighted by Gasteiger charge is 2.26. The zero-order chi connectivity index (χ0) is 14.4. The number of thiophene rings is 1. The molecule has 1 amide bonds. The SMILES string of the molecule is O=C(O)C1CCN(C(=O)COCCc2cccs2)CC1. The van der Waals surface area contributed by atoms with Gasteiger partial charge >= 0.3 is 5.97 Å². The zero-order valence-corrected chi connectivity index (χ0v) is 12.1. The summed E-state index contributed by atoms with van der Waals surface area (Å²) in [7, 11) is 0. The second-order valence-electron chi connectivity index (χ2n) is 4.88. The second kappa shape index (κ2) is 7.40. The van der Waals surface area contributed by atoms with Crippen molar-refractivity contribution in [3.63, 3.8) is 0 Å². The van der Waals surface area contributed by atoms with Crippen molar-refractivity contribution < 1.29 is 19.4 Å². The molecule has 20 heavy (non-hydrogen) atoms. The molecule has 0 aliphatic carbocycles. The molecule has 1 fully saturated rings. The largest absolute Gasteiger partial charge is 0.481 e. The molecule has 6 heteroatoms. The van der Waals surface area contributed by atoms with Gasteiger partial charge in [-0.2, -0.15) is 0 Å². The molecule has 1 saturated heterocycles. The van der Waals surface area contributed by atoms with Gasteiger partial charge in [0.1, 0.15) is 6.61 Å². The summed E-state index contributed by atoms with van der Waals surface area (Å²) in [4.78, 5) is 25.7. The molecule has 2 heterocycles. The number of carboxylic acids is 1. The van der Waals surface area contributed by atoms with E-state index in [1.807, 2.05) is 17.5 Å². The molecule has 110 valence electrons. The molecule has 0 aromatic carbocycles. The quantitative estimate of drug-likeness (QED) is 0.810. The lowest BCUT2D eigenvalue weighted by atomic mass is 9.97. The van der Waals surface area contributed by atoms with Crippen LogP contribution in [0.3, 0.4) is 0 Å². The van der Waals surface area contributed by atoms with Crippen LogP contribution in [0.5, 0.6) is 0 Å². The number of aliphatic carboxylic acids is 1. The van der Waals surface area contributed by atoms with Crippen molar-refractivity contribution in [1.82, 2.24) is 4.90 Å². The number of carboxylic acid groups (broad SMARTS) is 1. The average molecular weight is 297 g/mol. The number of amides is 1. The van der Waals surface area contributed by atoms with Crippen molar-refractivity contribution in [2.24, 2.45) is 5.92 Å². The van der Waals surface area contributed by atoms with Gasteiger partial charge in [-0.25, -0.2) is 0 Å². The van der Waals surface area contributed by atoms with Gasteiger partial charge in [0.15, 0.2) is 0 Å². The van der Waals surface area contributed by atoms with E-state index in [2.05, 4.69) is 0 Å². The van der Waals surface area contributed by atoms with Crippen molar-refractivity contribution in [2.45, 2.75) is 19.3 Å². The Bertz CT molecular complexity index is 438. The monoisotopic (exact) mass is 297 g/mol. The van der Waals surface area contributed by atoms with Crippen molar-refractivity contribution in [2.75, 3.05) is 26.3 Å². The van der Waals surface area contributed by atoms with Crippen molar-refractivity contribution in [3.05, 3.63) is 22.4 Å². The lowest BCUT2D eigenvalue weighted by Crippen LogP contribution is -2.42. The first kappa shape index (κ1) is 15.0. The van der Waals surface area contributed by atoms with E-state index in [1.54, 1.807) is 16.2 Å². The number of carbonyl (C=O) groups excluding carboxylic acids is 1. The summed E-state index contributed by atoms with van der Waals surface area (Å²) in [6.07, 6.45) is 1.90. The summed E-state index contributed by atoms with van der Waals surface area (Å²) in [6, 6.07) is 4.05. The van der Waals surface area contributed by atoms with Gasteiger partial charge in [0, 0.05) is 24.4 Å². The highest BCUT2D eigenvalue weighted by molar-refractivity contribution is 7.09. The molecule has 0 radical (unpaired) electrons. The Morgan fingerprint density at radius 2 is 2.15 bits per heavy atom. The summed E-state index contributed by atoms with van der Waals surface area (Å²) in [5.74, 6) is -1.11. The number of rotatable bonds is 6. The number of carbonyl (C=O) groups is 2. The minimum Gasteiger partial charge on any atom is -0.481 e. The lowest BCUT2D eigenvalue weighted by molar-refractivity contribution is -0.146. The Morgan fingerprint density at radius 1 is 1.40 bits per heavy atom. The van der Waals surface area contributed by atoms with Gasteiger partial charge in [-0.1, -0.05) is 6.07 Å². The molecule has 2 rings (SSSR count). The molecule has 0 bridgehead atoms. The number of piperidine rings is 1. The summed E-state index contributed by atoms with van der Waals surface area (Å²) >= 11 is 1.68. The number of hydrogen-bond acceptors (Lipinski definition) is 4.